The third-order valence-electron chi connectivity index (χ3n) is 4.27. The van der Waals surface area contributed by atoms with Crippen LogP contribution in [0.5, 0.6) is 0 Å². The molecule has 0 saturated heterocycles. The second kappa shape index (κ2) is 8.35. The average molecular weight is 438 g/mol. The number of halogens is 3. The van der Waals surface area contributed by atoms with Crippen LogP contribution in [0.1, 0.15) is 28.5 Å². The minimum atomic E-state index is -1.30. The lowest BCUT2D eigenvalue weighted by atomic mass is 10.0. The van der Waals surface area contributed by atoms with Gasteiger partial charge in [-0.1, -0.05) is 40.9 Å². The maximum absolute atomic E-state index is 12.7. The molecule has 144 valence electrons. The number of hydrogen-bond donors (Lipinski definition) is 1. The minimum absolute atomic E-state index is 0.273. The van der Waals surface area contributed by atoms with Gasteiger partial charge in [-0.25, -0.2) is 4.79 Å². The molecule has 3 aromatic rings. The lowest BCUT2D eigenvalue weighted by molar-refractivity contribution is 0.0695. The Morgan fingerprint density at radius 3 is 2.46 bits per heavy atom. The van der Waals surface area contributed by atoms with Crippen molar-refractivity contribution in [2.75, 3.05) is 0 Å². The minimum Gasteiger partial charge on any atom is -0.477 e. The van der Waals surface area contributed by atoms with Crippen LogP contribution in [0.15, 0.2) is 47.5 Å². The second-order valence-electron chi connectivity index (χ2n) is 6.09. The van der Waals surface area contributed by atoms with Crippen molar-refractivity contribution >= 4 is 40.8 Å². The molecule has 2 heterocycles. The molecule has 0 spiro atoms. The van der Waals surface area contributed by atoms with Gasteiger partial charge in [0.05, 0.1) is 20.8 Å². The van der Waals surface area contributed by atoms with Crippen LogP contribution in [0.2, 0.25) is 15.1 Å². The Kier molecular flexibility index (Phi) is 6.08. The quantitative estimate of drug-likeness (QED) is 0.597. The Labute approximate surface area is 176 Å². The zero-order valence-corrected chi connectivity index (χ0v) is 17.0. The summed E-state index contributed by atoms with van der Waals surface area (Å²) in [5.74, 6) is -1.30. The number of carbonyl (C=O) groups is 1. The van der Waals surface area contributed by atoms with Crippen LogP contribution >= 0.6 is 34.8 Å². The van der Waals surface area contributed by atoms with Crippen LogP contribution in [0.25, 0.3) is 11.3 Å². The zero-order chi connectivity index (χ0) is 20.4. The molecule has 0 aliphatic carbocycles. The average Bonchev–Trinajstić information content (AvgIpc) is 2.63. The summed E-state index contributed by atoms with van der Waals surface area (Å²) in [4.78, 5) is 28.6. The summed E-state index contributed by atoms with van der Waals surface area (Å²) in [6, 6.07) is 7.87. The van der Waals surface area contributed by atoms with E-state index in [2.05, 4.69) is 4.98 Å². The SMILES string of the molecule is CCn1c(Cc2cncc(Cl)c2)cc(=O)c(C(=O)O)c1-c1ccc(Cl)c(Cl)c1. The van der Waals surface area contributed by atoms with Gasteiger partial charge in [0.15, 0.2) is 5.43 Å². The monoisotopic (exact) mass is 436 g/mol. The fraction of sp³-hybridized carbons (Fsp3) is 0.150. The number of rotatable bonds is 5. The van der Waals surface area contributed by atoms with Crippen LogP contribution in [0.3, 0.4) is 0 Å². The summed E-state index contributed by atoms with van der Waals surface area (Å²) in [7, 11) is 0. The summed E-state index contributed by atoms with van der Waals surface area (Å²) in [6.07, 6.45) is 3.54. The Hall–Kier alpha value is -2.34. The van der Waals surface area contributed by atoms with E-state index in [4.69, 9.17) is 34.8 Å². The van der Waals surface area contributed by atoms with Crippen LogP contribution in [-0.2, 0) is 13.0 Å². The fourth-order valence-electron chi connectivity index (χ4n) is 3.12. The molecule has 0 bridgehead atoms. The van der Waals surface area contributed by atoms with Gasteiger partial charge in [-0.15, -0.1) is 0 Å². The Morgan fingerprint density at radius 2 is 1.86 bits per heavy atom. The first kappa shape index (κ1) is 20.4. The number of aromatic nitrogens is 2. The molecule has 0 atom stereocenters. The number of nitrogens with zero attached hydrogens (tertiary/aromatic N) is 2. The standard InChI is InChI=1S/C20H15Cl3N2O3/c1-2-25-14(6-11-5-13(21)10-24-9-11)8-17(26)18(20(27)28)19(25)12-3-4-15(22)16(23)7-12/h3-5,7-10H,2,6H2,1H3,(H,27,28). The normalized spacial score (nSPS) is 10.9. The number of hydrogen-bond acceptors (Lipinski definition) is 3. The van der Waals surface area contributed by atoms with Crippen molar-refractivity contribution in [1.82, 2.24) is 9.55 Å². The van der Waals surface area contributed by atoms with Crippen molar-refractivity contribution in [2.24, 2.45) is 0 Å². The van der Waals surface area contributed by atoms with Crippen molar-refractivity contribution in [3.8, 4) is 11.3 Å². The Morgan fingerprint density at radius 1 is 1.11 bits per heavy atom. The zero-order valence-electron chi connectivity index (χ0n) is 14.7. The topological polar surface area (TPSA) is 72.2 Å². The highest BCUT2D eigenvalue weighted by Crippen LogP contribution is 2.31. The van der Waals surface area contributed by atoms with E-state index in [0.29, 0.717) is 34.3 Å². The van der Waals surface area contributed by atoms with Gasteiger partial charge >= 0.3 is 5.97 Å². The number of carboxylic acids is 1. The molecule has 0 aliphatic heterocycles. The molecule has 28 heavy (non-hydrogen) atoms. The second-order valence-corrected chi connectivity index (χ2v) is 7.34. The fourth-order valence-corrected chi connectivity index (χ4v) is 3.61. The number of pyridine rings is 2. The van der Waals surface area contributed by atoms with Gasteiger partial charge in [0.1, 0.15) is 5.56 Å². The lowest BCUT2D eigenvalue weighted by Crippen LogP contribution is -2.23. The molecule has 0 saturated carbocycles. The van der Waals surface area contributed by atoms with Crippen LogP contribution in [0, 0.1) is 0 Å². The first-order chi connectivity index (χ1) is 13.3. The van der Waals surface area contributed by atoms with E-state index in [1.165, 1.54) is 12.3 Å². The van der Waals surface area contributed by atoms with E-state index in [0.717, 1.165) is 5.56 Å². The van der Waals surface area contributed by atoms with Gasteiger partial charge in [0, 0.05) is 42.7 Å². The van der Waals surface area contributed by atoms with Crippen molar-refractivity contribution < 1.29 is 9.90 Å². The summed E-state index contributed by atoms with van der Waals surface area (Å²) in [5.41, 5.74) is 1.33. The maximum atomic E-state index is 12.7. The van der Waals surface area contributed by atoms with E-state index < -0.39 is 11.4 Å². The molecule has 0 aliphatic rings. The predicted octanol–water partition coefficient (Wildman–Crippen LogP) is 5.18. The third kappa shape index (κ3) is 4.07. The predicted molar refractivity (Wildman–Crippen MR) is 111 cm³/mol. The molecule has 8 heteroatoms. The molecule has 1 aromatic carbocycles. The van der Waals surface area contributed by atoms with Crippen molar-refractivity contribution in [1.29, 1.82) is 0 Å². The van der Waals surface area contributed by atoms with Crippen molar-refractivity contribution in [3.63, 3.8) is 0 Å². The maximum Gasteiger partial charge on any atom is 0.341 e. The van der Waals surface area contributed by atoms with Gasteiger partial charge < -0.3 is 9.67 Å². The van der Waals surface area contributed by atoms with Gasteiger partial charge in [0.2, 0.25) is 0 Å². The smallest absolute Gasteiger partial charge is 0.341 e. The van der Waals surface area contributed by atoms with Gasteiger partial charge in [-0.2, -0.15) is 0 Å². The molecule has 2 aromatic heterocycles. The van der Waals surface area contributed by atoms with Crippen LogP contribution in [-0.4, -0.2) is 20.6 Å². The highest BCUT2D eigenvalue weighted by atomic mass is 35.5. The van der Waals surface area contributed by atoms with Crippen LogP contribution in [0.4, 0.5) is 0 Å². The molecule has 0 unspecified atom stereocenters. The van der Waals surface area contributed by atoms with Crippen molar-refractivity contribution in [2.45, 2.75) is 19.9 Å². The first-order valence-corrected chi connectivity index (χ1v) is 9.50. The molecular formula is C20H15Cl3N2O3. The summed E-state index contributed by atoms with van der Waals surface area (Å²) in [5, 5.41) is 10.8. The molecule has 0 amide bonds. The van der Waals surface area contributed by atoms with E-state index >= 15 is 0 Å². The van der Waals surface area contributed by atoms with Crippen molar-refractivity contribution in [3.05, 3.63) is 84.8 Å². The molecule has 3 rings (SSSR count). The van der Waals surface area contributed by atoms with Gasteiger partial charge in [0.25, 0.3) is 0 Å². The van der Waals surface area contributed by atoms with E-state index in [9.17, 15) is 14.7 Å². The third-order valence-corrected chi connectivity index (χ3v) is 5.21. The Bertz CT molecular complexity index is 1130. The summed E-state index contributed by atoms with van der Waals surface area (Å²) < 4.78 is 1.78. The van der Waals surface area contributed by atoms with E-state index in [1.807, 2.05) is 6.92 Å². The number of carboxylic acid groups (broad SMARTS) is 1. The number of aromatic carboxylic acids is 1. The highest BCUT2D eigenvalue weighted by Gasteiger charge is 2.22. The summed E-state index contributed by atoms with van der Waals surface area (Å²) >= 11 is 18.1. The largest absolute Gasteiger partial charge is 0.477 e. The molecule has 1 N–H and O–H groups in total. The highest BCUT2D eigenvalue weighted by molar-refractivity contribution is 6.42. The number of benzene rings is 1. The first-order valence-electron chi connectivity index (χ1n) is 8.36. The molecule has 5 nitrogen and oxygen atoms in total. The molecular weight excluding hydrogens is 423 g/mol. The van der Waals surface area contributed by atoms with E-state index in [-0.39, 0.29) is 16.3 Å². The lowest BCUT2D eigenvalue weighted by Gasteiger charge is -2.20. The van der Waals surface area contributed by atoms with Crippen LogP contribution < -0.4 is 5.43 Å². The molecule has 0 fully saturated rings. The summed E-state index contributed by atoms with van der Waals surface area (Å²) in [6.45, 7) is 2.32. The Balaban J connectivity index is 2.28. The van der Waals surface area contributed by atoms with Gasteiger partial charge in [-0.3, -0.25) is 9.78 Å². The van der Waals surface area contributed by atoms with Gasteiger partial charge in [-0.05, 0) is 30.7 Å². The molecule has 0 radical (unpaired) electrons. The van der Waals surface area contributed by atoms with E-state index in [1.54, 1.807) is 35.0 Å².